The molecule has 0 atom stereocenters. The van der Waals surface area contributed by atoms with Crippen LogP contribution >= 0.6 is 15.9 Å². The van der Waals surface area contributed by atoms with Gasteiger partial charge in [0, 0.05) is 23.3 Å². The van der Waals surface area contributed by atoms with Gasteiger partial charge in [-0.25, -0.2) is 4.98 Å². The first-order chi connectivity index (χ1) is 6.70. The number of fused-ring (bicyclic) bond motifs is 1. The van der Waals surface area contributed by atoms with Gasteiger partial charge in [-0.3, -0.25) is 9.20 Å². The largest absolute Gasteiger partial charge is 0.325 e. The van der Waals surface area contributed by atoms with Crippen molar-refractivity contribution < 1.29 is 0 Å². The minimum Gasteiger partial charge on any atom is -0.325 e. The minimum atomic E-state index is -0.108. The van der Waals surface area contributed by atoms with E-state index in [0.717, 1.165) is 4.47 Å². The zero-order chi connectivity index (χ0) is 10.1. The van der Waals surface area contributed by atoms with Gasteiger partial charge >= 0.3 is 0 Å². The molecule has 0 aliphatic carbocycles. The van der Waals surface area contributed by atoms with E-state index in [0.29, 0.717) is 11.3 Å². The van der Waals surface area contributed by atoms with E-state index >= 15 is 0 Å². The van der Waals surface area contributed by atoms with Gasteiger partial charge in [-0.05, 0) is 12.1 Å². The Hall–Kier alpha value is -1.20. The molecule has 0 radical (unpaired) electrons. The molecule has 2 rings (SSSR count). The van der Waals surface area contributed by atoms with Crippen molar-refractivity contribution >= 4 is 21.6 Å². The van der Waals surface area contributed by atoms with E-state index in [9.17, 15) is 4.79 Å². The van der Waals surface area contributed by atoms with Crippen molar-refractivity contribution in [2.45, 2.75) is 6.54 Å². The van der Waals surface area contributed by atoms with E-state index in [-0.39, 0.29) is 12.1 Å². The van der Waals surface area contributed by atoms with Crippen LogP contribution in [0.1, 0.15) is 5.69 Å². The Balaban J connectivity index is 2.84. The van der Waals surface area contributed by atoms with Gasteiger partial charge in [-0.2, -0.15) is 0 Å². The number of pyridine rings is 1. The Morgan fingerprint density at radius 1 is 1.50 bits per heavy atom. The maximum absolute atomic E-state index is 11.5. The molecule has 0 spiro atoms. The highest BCUT2D eigenvalue weighted by molar-refractivity contribution is 9.10. The van der Waals surface area contributed by atoms with Crippen molar-refractivity contribution in [3.05, 3.63) is 44.9 Å². The van der Waals surface area contributed by atoms with Gasteiger partial charge in [0.2, 0.25) is 0 Å². The van der Waals surface area contributed by atoms with E-state index < -0.39 is 0 Å². The van der Waals surface area contributed by atoms with Crippen molar-refractivity contribution in [1.82, 2.24) is 9.38 Å². The van der Waals surface area contributed by atoms with Crippen molar-refractivity contribution in [2.24, 2.45) is 5.73 Å². The van der Waals surface area contributed by atoms with Gasteiger partial charge in [0.1, 0.15) is 5.65 Å². The molecule has 2 N–H and O–H groups in total. The quantitative estimate of drug-likeness (QED) is 0.823. The van der Waals surface area contributed by atoms with Crippen molar-refractivity contribution in [3.63, 3.8) is 0 Å². The predicted molar refractivity (Wildman–Crippen MR) is 57.1 cm³/mol. The van der Waals surface area contributed by atoms with Gasteiger partial charge < -0.3 is 5.73 Å². The number of aromatic nitrogens is 2. The molecular formula is C9H8BrN3O. The lowest BCUT2D eigenvalue weighted by atomic mass is 10.4. The molecule has 0 aliphatic heterocycles. The van der Waals surface area contributed by atoms with E-state index in [4.69, 9.17) is 5.73 Å². The Morgan fingerprint density at radius 3 is 3.00 bits per heavy atom. The monoisotopic (exact) mass is 253 g/mol. The summed E-state index contributed by atoms with van der Waals surface area (Å²) in [6.45, 7) is 0.276. The van der Waals surface area contributed by atoms with Crippen LogP contribution in [0.3, 0.4) is 0 Å². The molecule has 14 heavy (non-hydrogen) atoms. The average Bonchev–Trinajstić information content (AvgIpc) is 2.16. The molecule has 0 bridgehead atoms. The zero-order valence-corrected chi connectivity index (χ0v) is 8.86. The maximum atomic E-state index is 11.5. The number of hydrogen-bond acceptors (Lipinski definition) is 3. The third kappa shape index (κ3) is 1.56. The first kappa shape index (κ1) is 9.36. The van der Waals surface area contributed by atoms with Crippen LogP contribution in [-0.2, 0) is 6.54 Å². The molecule has 0 amide bonds. The lowest BCUT2D eigenvalue weighted by molar-refractivity contribution is 0.942. The van der Waals surface area contributed by atoms with E-state index in [1.807, 2.05) is 0 Å². The molecular weight excluding hydrogens is 246 g/mol. The topological polar surface area (TPSA) is 60.4 Å². The Bertz CT molecular complexity index is 535. The Morgan fingerprint density at radius 2 is 2.29 bits per heavy atom. The third-order valence-electron chi connectivity index (χ3n) is 1.89. The lowest BCUT2D eigenvalue weighted by Crippen LogP contribution is -2.16. The number of hydrogen-bond donors (Lipinski definition) is 1. The highest BCUT2D eigenvalue weighted by Crippen LogP contribution is 2.10. The van der Waals surface area contributed by atoms with Crippen LogP contribution < -0.4 is 11.3 Å². The molecule has 0 saturated heterocycles. The highest BCUT2D eigenvalue weighted by Gasteiger charge is 2.00. The van der Waals surface area contributed by atoms with Crippen molar-refractivity contribution in [1.29, 1.82) is 0 Å². The van der Waals surface area contributed by atoms with Crippen LogP contribution in [-0.4, -0.2) is 9.38 Å². The van der Waals surface area contributed by atoms with E-state index in [2.05, 4.69) is 20.9 Å². The van der Waals surface area contributed by atoms with Gasteiger partial charge in [0.25, 0.3) is 5.56 Å². The summed E-state index contributed by atoms with van der Waals surface area (Å²) in [5.41, 5.74) is 6.53. The third-order valence-corrected chi connectivity index (χ3v) is 2.38. The lowest BCUT2D eigenvalue weighted by Gasteiger charge is -2.01. The summed E-state index contributed by atoms with van der Waals surface area (Å²) in [5, 5.41) is 0. The average molecular weight is 254 g/mol. The fourth-order valence-corrected chi connectivity index (χ4v) is 1.55. The number of halogens is 1. The summed E-state index contributed by atoms with van der Waals surface area (Å²) in [6, 6.07) is 5.01. The SMILES string of the molecule is NCc1cc(=O)n2ccc(Br)cc2n1. The summed E-state index contributed by atoms with van der Waals surface area (Å²) in [7, 11) is 0. The predicted octanol–water partition coefficient (Wildman–Crippen LogP) is 0.916. The van der Waals surface area contributed by atoms with Crippen LogP contribution in [0.25, 0.3) is 5.65 Å². The highest BCUT2D eigenvalue weighted by atomic mass is 79.9. The van der Waals surface area contributed by atoms with E-state index in [1.54, 1.807) is 18.3 Å². The first-order valence-corrected chi connectivity index (χ1v) is 4.88. The van der Waals surface area contributed by atoms with Gasteiger partial charge in [-0.15, -0.1) is 0 Å². The number of rotatable bonds is 1. The molecule has 72 valence electrons. The maximum Gasteiger partial charge on any atom is 0.258 e. The summed E-state index contributed by atoms with van der Waals surface area (Å²) < 4.78 is 2.36. The van der Waals surface area contributed by atoms with Crippen LogP contribution in [0.15, 0.2) is 33.7 Å². The Kier molecular flexibility index (Phi) is 2.35. The fourth-order valence-electron chi connectivity index (χ4n) is 1.23. The molecule has 0 aliphatic rings. The van der Waals surface area contributed by atoms with Crippen molar-refractivity contribution in [2.75, 3.05) is 0 Å². The van der Waals surface area contributed by atoms with Gasteiger partial charge in [-0.1, -0.05) is 15.9 Å². The second-order valence-electron chi connectivity index (χ2n) is 2.86. The normalized spacial score (nSPS) is 10.7. The summed E-state index contributed by atoms with van der Waals surface area (Å²) in [5.74, 6) is 0. The van der Waals surface area contributed by atoms with Crippen LogP contribution in [0.2, 0.25) is 0 Å². The molecule has 0 aromatic carbocycles. The zero-order valence-electron chi connectivity index (χ0n) is 7.27. The minimum absolute atomic E-state index is 0.108. The summed E-state index contributed by atoms with van der Waals surface area (Å²) >= 11 is 3.32. The molecule has 2 aromatic heterocycles. The number of nitrogens with two attached hydrogens (primary N) is 1. The Labute approximate surface area is 88.5 Å². The molecule has 2 aromatic rings. The second-order valence-corrected chi connectivity index (χ2v) is 3.78. The number of nitrogens with zero attached hydrogens (tertiary/aromatic N) is 2. The van der Waals surface area contributed by atoms with Gasteiger partial charge in [0.05, 0.1) is 5.69 Å². The smallest absolute Gasteiger partial charge is 0.258 e. The van der Waals surface area contributed by atoms with Crippen LogP contribution in [0.4, 0.5) is 0 Å². The van der Waals surface area contributed by atoms with E-state index in [1.165, 1.54) is 10.5 Å². The molecule has 4 nitrogen and oxygen atoms in total. The summed E-state index contributed by atoms with van der Waals surface area (Å²) in [4.78, 5) is 15.7. The van der Waals surface area contributed by atoms with Crippen molar-refractivity contribution in [3.8, 4) is 0 Å². The van der Waals surface area contributed by atoms with Gasteiger partial charge in [0.15, 0.2) is 0 Å². The first-order valence-electron chi connectivity index (χ1n) is 4.08. The van der Waals surface area contributed by atoms with Crippen LogP contribution in [0.5, 0.6) is 0 Å². The standard InChI is InChI=1S/C9H8BrN3O/c10-6-1-2-13-8(3-6)12-7(5-11)4-9(13)14/h1-4H,5,11H2. The molecule has 2 heterocycles. The molecule has 0 unspecified atom stereocenters. The molecule has 0 saturated carbocycles. The summed E-state index contributed by atoms with van der Waals surface area (Å²) in [6.07, 6.45) is 1.68. The molecule has 5 heteroatoms. The fraction of sp³-hybridized carbons (Fsp3) is 0.111. The second kappa shape index (κ2) is 3.51. The molecule has 0 fully saturated rings. The van der Waals surface area contributed by atoms with Crippen LogP contribution in [0, 0.1) is 0 Å².